The zero-order valence-corrected chi connectivity index (χ0v) is 13.5. The molecule has 0 fully saturated rings. The maximum absolute atomic E-state index is 10.8. The van der Waals surface area contributed by atoms with Gasteiger partial charge in [-0.1, -0.05) is 19.6 Å². The van der Waals surface area contributed by atoms with E-state index in [0.717, 1.165) is 0 Å². The number of hydrogen-bond acceptors (Lipinski definition) is 10. The van der Waals surface area contributed by atoms with Gasteiger partial charge in [-0.25, -0.2) is 20.6 Å². The molecule has 0 aliphatic rings. The molecule has 13 N–H and O–H groups in total. The number of anilines is 2. The number of hydrazine groups is 2. The van der Waals surface area contributed by atoms with E-state index in [4.69, 9.17) is 17.3 Å². The van der Waals surface area contributed by atoms with Crippen molar-refractivity contribution in [3.8, 4) is 0 Å². The van der Waals surface area contributed by atoms with Crippen LogP contribution in [0.2, 0.25) is 0 Å². The van der Waals surface area contributed by atoms with Crippen LogP contribution >= 0.6 is 0 Å². The molecule has 0 saturated heterocycles. The number of nitrogens with zero attached hydrogens (tertiary/aromatic N) is 2. The number of pyridine rings is 2. The standard InChI is InChI=1S/C7H8N2O2.C6H8N4O.CH4.H4N2.H2O/c1-11-7(10)5-3-2-4-6(8)9-5;7-5-3-1-2-4(9-5)6(11)10-8;;1-2;/h2-4H,1H3,(H2,8,9);1-3H,8H2,(H2,7,9)(H,10,11);1H4;1-2H2;1H2. The van der Waals surface area contributed by atoms with Gasteiger partial charge < -0.3 is 21.7 Å². The molecule has 0 saturated carbocycles. The number of amides is 1. The molecule has 26 heavy (non-hydrogen) atoms. The largest absolute Gasteiger partial charge is 0.464 e. The maximum atomic E-state index is 10.8. The van der Waals surface area contributed by atoms with E-state index in [2.05, 4.69) is 26.4 Å². The highest BCUT2D eigenvalue weighted by molar-refractivity contribution is 5.92. The minimum absolute atomic E-state index is 0. The number of aromatic nitrogens is 2. The zero-order valence-electron chi connectivity index (χ0n) is 13.5. The monoisotopic (exact) mass is 370 g/mol. The van der Waals surface area contributed by atoms with Crippen molar-refractivity contribution in [2.75, 3.05) is 18.6 Å². The van der Waals surface area contributed by atoms with Gasteiger partial charge in [0.25, 0.3) is 5.91 Å². The quantitative estimate of drug-likeness (QED) is 0.152. The highest BCUT2D eigenvalue weighted by Gasteiger charge is 2.05. The predicted molar refractivity (Wildman–Crippen MR) is 99.0 cm³/mol. The van der Waals surface area contributed by atoms with Gasteiger partial charge in [-0.05, 0) is 24.3 Å². The third kappa shape index (κ3) is 9.74. The van der Waals surface area contributed by atoms with E-state index in [9.17, 15) is 9.59 Å². The number of nitrogen functional groups attached to an aromatic ring is 3. The van der Waals surface area contributed by atoms with Crippen molar-refractivity contribution in [2.45, 2.75) is 7.43 Å². The van der Waals surface area contributed by atoms with E-state index >= 15 is 0 Å². The lowest BCUT2D eigenvalue weighted by Gasteiger charge is -1.97. The van der Waals surface area contributed by atoms with Gasteiger partial charge in [0.15, 0.2) is 5.69 Å². The van der Waals surface area contributed by atoms with E-state index in [-0.39, 0.29) is 24.3 Å². The van der Waals surface area contributed by atoms with E-state index in [0.29, 0.717) is 11.6 Å². The Morgan fingerprint density at radius 1 is 0.962 bits per heavy atom. The average molecular weight is 370 g/mol. The second-order valence-corrected chi connectivity index (χ2v) is 3.86. The van der Waals surface area contributed by atoms with Gasteiger partial charge in [-0.15, -0.1) is 0 Å². The van der Waals surface area contributed by atoms with Gasteiger partial charge >= 0.3 is 5.97 Å². The topological polar surface area (TPSA) is 243 Å². The molecular weight excluding hydrogens is 344 g/mol. The predicted octanol–water partition coefficient (Wildman–Crippen LogP) is -1.65. The lowest BCUT2D eigenvalue weighted by molar-refractivity contribution is 0.0594. The first kappa shape index (κ1) is 27.5. The molecule has 0 spiro atoms. The van der Waals surface area contributed by atoms with Crippen molar-refractivity contribution >= 4 is 23.5 Å². The minimum atomic E-state index is -0.475. The van der Waals surface area contributed by atoms with E-state index in [1.165, 1.54) is 13.2 Å². The van der Waals surface area contributed by atoms with Crippen molar-refractivity contribution in [1.29, 1.82) is 0 Å². The number of ether oxygens (including phenoxy) is 1. The summed E-state index contributed by atoms with van der Waals surface area (Å²) in [4.78, 5) is 29.1. The van der Waals surface area contributed by atoms with Crippen molar-refractivity contribution in [3.05, 3.63) is 47.8 Å². The van der Waals surface area contributed by atoms with Crippen LogP contribution in [-0.4, -0.2) is 34.4 Å². The number of carbonyl (C=O) groups excluding carboxylic acids is 2. The van der Waals surface area contributed by atoms with Crippen LogP contribution in [0.15, 0.2) is 36.4 Å². The molecule has 2 aromatic heterocycles. The van der Waals surface area contributed by atoms with Crippen molar-refractivity contribution in [2.24, 2.45) is 17.5 Å². The Kier molecular flexibility index (Phi) is 16.1. The van der Waals surface area contributed by atoms with Gasteiger partial charge in [-0.3, -0.25) is 21.9 Å². The Labute approximate surface area is 151 Å². The summed E-state index contributed by atoms with van der Waals surface area (Å²) in [7, 11) is 1.30. The maximum Gasteiger partial charge on any atom is 0.356 e. The smallest absolute Gasteiger partial charge is 0.356 e. The fourth-order valence-corrected chi connectivity index (χ4v) is 1.32. The van der Waals surface area contributed by atoms with Crippen LogP contribution < -0.4 is 34.4 Å². The van der Waals surface area contributed by atoms with Crippen LogP contribution in [0.1, 0.15) is 28.4 Å². The molecule has 0 aromatic carbocycles. The summed E-state index contributed by atoms with van der Waals surface area (Å²) in [6.45, 7) is 0. The summed E-state index contributed by atoms with van der Waals surface area (Å²) < 4.78 is 4.43. The lowest BCUT2D eigenvalue weighted by atomic mass is 10.3. The molecule has 1 amide bonds. The summed E-state index contributed by atoms with van der Waals surface area (Å²) >= 11 is 0. The van der Waals surface area contributed by atoms with Crippen LogP contribution in [0.25, 0.3) is 0 Å². The third-order valence-electron chi connectivity index (χ3n) is 2.30. The number of nitrogens with one attached hydrogen (secondary N) is 1. The fraction of sp³-hybridized carbons (Fsp3) is 0.143. The second-order valence-electron chi connectivity index (χ2n) is 3.86. The molecule has 0 unspecified atom stereocenters. The van der Waals surface area contributed by atoms with Crippen molar-refractivity contribution < 1.29 is 19.8 Å². The number of nitrogens with two attached hydrogens (primary N) is 5. The Hall–Kier alpha value is -3.32. The molecule has 2 heterocycles. The number of carbonyl (C=O) groups is 2. The first-order chi connectivity index (χ1) is 11.5. The Morgan fingerprint density at radius 3 is 1.77 bits per heavy atom. The molecule has 12 heteroatoms. The van der Waals surface area contributed by atoms with Gasteiger partial charge in [0.1, 0.15) is 17.3 Å². The van der Waals surface area contributed by atoms with Crippen LogP contribution in [-0.2, 0) is 4.74 Å². The van der Waals surface area contributed by atoms with Crippen LogP contribution in [0.5, 0.6) is 0 Å². The van der Waals surface area contributed by atoms with E-state index in [1.54, 1.807) is 30.3 Å². The molecule has 0 atom stereocenters. The zero-order chi connectivity index (χ0) is 18.5. The summed E-state index contributed by atoms with van der Waals surface area (Å²) in [6.07, 6.45) is 0. The Balaban J connectivity index is -0.000000347. The number of hydrogen-bond donors (Lipinski definition) is 6. The number of methoxy groups -OCH3 is 1. The summed E-state index contributed by atoms with van der Waals surface area (Å²) in [6, 6.07) is 9.54. The average Bonchev–Trinajstić information content (AvgIpc) is 2.62. The van der Waals surface area contributed by atoms with Gasteiger partial charge in [0.05, 0.1) is 7.11 Å². The molecule has 12 nitrogen and oxygen atoms in total. The summed E-state index contributed by atoms with van der Waals surface area (Å²) in [5.74, 6) is 12.6. The summed E-state index contributed by atoms with van der Waals surface area (Å²) in [5, 5.41) is 0. The second kappa shape index (κ2) is 15.2. The van der Waals surface area contributed by atoms with Gasteiger partial charge in [0.2, 0.25) is 0 Å². The fourth-order valence-electron chi connectivity index (χ4n) is 1.32. The van der Waals surface area contributed by atoms with Gasteiger partial charge in [0, 0.05) is 0 Å². The third-order valence-corrected chi connectivity index (χ3v) is 2.30. The highest BCUT2D eigenvalue weighted by atomic mass is 16.5. The highest BCUT2D eigenvalue weighted by Crippen LogP contribution is 2.01. The molecular formula is C14H26N8O4. The molecule has 146 valence electrons. The SMILES string of the molecule is C.COC(=O)c1cccc(N)n1.NN.NNC(=O)c1cccc(N)n1.O. The molecule has 0 aliphatic heterocycles. The minimum Gasteiger partial charge on any atom is -0.464 e. The first-order valence-corrected chi connectivity index (χ1v) is 6.35. The first-order valence-electron chi connectivity index (χ1n) is 6.35. The molecule has 0 radical (unpaired) electrons. The van der Waals surface area contributed by atoms with Gasteiger partial charge in [-0.2, -0.15) is 0 Å². The molecule has 2 rings (SSSR count). The molecule has 2 aromatic rings. The number of rotatable bonds is 2. The van der Waals surface area contributed by atoms with E-state index < -0.39 is 11.9 Å². The Morgan fingerprint density at radius 2 is 1.38 bits per heavy atom. The van der Waals surface area contributed by atoms with Crippen molar-refractivity contribution in [3.63, 3.8) is 0 Å². The summed E-state index contributed by atoms with van der Waals surface area (Å²) in [5.41, 5.74) is 13.0. The van der Waals surface area contributed by atoms with Crippen LogP contribution in [0.4, 0.5) is 11.6 Å². The Bertz CT molecular complexity index is 611. The van der Waals surface area contributed by atoms with Crippen molar-refractivity contribution in [1.82, 2.24) is 15.4 Å². The van der Waals surface area contributed by atoms with E-state index in [1.807, 2.05) is 5.43 Å². The number of esters is 1. The van der Waals surface area contributed by atoms with Crippen LogP contribution in [0, 0.1) is 0 Å². The molecule has 0 aliphatic carbocycles. The van der Waals surface area contributed by atoms with Crippen LogP contribution in [0.3, 0.4) is 0 Å². The molecule has 0 bridgehead atoms. The lowest BCUT2D eigenvalue weighted by Crippen LogP contribution is -2.30. The normalized spacial score (nSPS) is 8.00.